The molecular formula is C7H10F2O3. The first-order valence-corrected chi connectivity index (χ1v) is 3.54. The van der Waals surface area contributed by atoms with Gasteiger partial charge in [-0.15, -0.1) is 0 Å². The third-order valence-electron chi connectivity index (χ3n) is 1.03. The maximum absolute atomic E-state index is 11.6. The van der Waals surface area contributed by atoms with Crippen LogP contribution in [0.1, 0.15) is 19.8 Å². The van der Waals surface area contributed by atoms with Gasteiger partial charge in [-0.1, -0.05) is 6.92 Å². The number of Topliss-reactive ketones (excluding diaryl/α,β-unsaturated/α-hetero) is 1. The van der Waals surface area contributed by atoms with Gasteiger partial charge < -0.3 is 4.74 Å². The predicted molar refractivity (Wildman–Crippen MR) is 36.9 cm³/mol. The normalized spacial score (nSPS) is 10.0. The van der Waals surface area contributed by atoms with Crippen molar-refractivity contribution in [2.45, 2.75) is 26.2 Å². The second-order valence-electron chi connectivity index (χ2n) is 2.16. The molecule has 0 aromatic rings. The Bertz CT molecular complexity index is 168. The molecule has 70 valence electrons. The van der Waals surface area contributed by atoms with Crippen LogP contribution < -0.4 is 0 Å². The van der Waals surface area contributed by atoms with Crippen LogP contribution in [0.5, 0.6) is 0 Å². The van der Waals surface area contributed by atoms with E-state index < -0.39 is 24.6 Å². The first-order chi connectivity index (χ1) is 5.57. The molecule has 12 heavy (non-hydrogen) atoms. The number of hydrogen-bond donors (Lipinski definition) is 0. The Morgan fingerprint density at radius 3 is 2.42 bits per heavy atom. The lowest BCUT2D eigenvalue weighted by Crippen LogP contribution is -2.17. The van der Waals surface area contributed by atoms with Gasteiger partial charge in [0.25, 0.3) is 6.43 Å². The number of carbonyl (C=O) groups is 2. The highest BCUT2D eigenvalue weighted by Crippen LogP contribution is 1.99. The molecule has 0 spiro atoms. The molecule has 0 heterocycles. The molecule has 0 unspecified atom stereocenters. The maximum atomic E-state index is 11.6. The van der Waals surface area contributed by atoms with Crippen molar-refractivity contribution in [3.05, 3.63) is 0 Å². The van der Waals surface area contributed by atoms with Gasteiger partial charge in [0, 0.05) is 0 Å². The Morgan fingerprint density at radius 1 is 1.42 bits per heavy atom. The highest BCUT2D eigenvalue weighted by atomic mass is 19.3. The van der Waals surface area contributed by atoms with Crippen molar-refractivity contribution < 1.29 is 23.1 Å². The van der Waals surface area contributed by atoms with E-state index in [0.717, 1.165) is 0 Å². The van der Waals surface area contributed by atoms with E-state index in [1.807, 2.05) is 0 Å². The molecule has 0 atom stereocenters. The van der Waals surface area contributed by atoms with Crippen LogP contribution in [-0.4, -0.2) is 24.8 Å². The number of ketones is 1. The largest absolute Gasteiger partial charge is 0.465 e. The minimum atomic E-state index is -3.08. The Kier molecular flexibility index (Phi) is 5.16. The Labute approximate surface area is 68.7 Å². The first kappa shape index (κ1) is 11.0. The summed E-state index contributed by atoms with van der Waals surface area (Å²) in [5.74, 6) is -2.28. The van der Waals surface area contributed by atoms with Gasteiger partial charge in [0.05, 0.1) is 6.61 Å². The molecule has 0 aliphatic heterocycles. The molecule has 0 amide bonds. The van der Waals surface area contributed by atoms with Crippen LogP contribution >= 0.6 is 0 Å². The maximum Gasteiger partial charge on any atom is 0.313 e. The van der Waals surface area contributed by atoms with Gasteiger partial charge in [0.1, 0.15) is 6.42 Å². The van der Waals surface area contributed by atoms with E-state index in [0.29, 0.717) is 6.42 Å². The van der Waals surface area contributed by atoms with E-state index >= 15 is 0 Å². The molecular weight excluding hydrogens is 170 g/mol. The molecule has 0 aliphatic rings. The number of halogens is 2. The van der Waals surface area contributed by atoms with E-state index in [4.69, 9.17) is 0 Å². The van der Waals surface area contributed by atoms with Crippen LogP contribution in [0.15, 0.2) is 0 Å². The zero-order valence-electron chi connectivity index (χ0n) is 6.68. The van der Waals surface area contributed by atoms with E-state index in [2.05, 4.69) is 4.74 Å². The average Bonchev–Trinajstić information content (AvgIpc) is 2.00. The quantitative estimate of drug-likeness (QED) is 0.471. The molecule has 0 aliphatic carbocycles. The lowest BCUT2D eigenvalue weighted by molar-refractivity contribution is -0.148. The van der Waals surface area contributed by atoms with Crippen molar-refractivity contribution in [3.63, 3.8) is 0 Å². The van der Waals surface area contributed by atoms with Crippen LogP contribution in [0.25, 0.3) is 0 Å². The highest BCUT2D eigenvalue weighted by molar-refractivity contribution is 5.97. The molecule has 0 saturated carbocycles. The summed E-state index contributed by atoms with van der Waals surface area (Å²) >= 11 is 0. The minimum Gasteiger partial charge on any atom is -0.465 e. The van der Waals surface area contributed by atoms with Crippen LogP contribution in [0, 0.1) is 0 Å². The number of hydrogen-bond acceptors (Lipinski definition) is 3. The highest BCUT2D eigenvalue weighted by Gasteiger charge is 2.19. The second-order valence-corrected chi connectivity index (χ2v) is 2.16. The molecule has 0 N–H and O–H groups in total. The molecule has 0 bridgehead atoms. The summed E-state index contributed by atoms with van der Waals surface area (Å²) in [6, 6.07) is 0. The van der Waals surface area contributed by atoms with Crippen molar-refractivity contribution >= 4 is 11.8 Å². The standard InChI is InChI=1S/C7H10F2O3/c1-2-3-12-6(11)4-5(10)7(8)9/h7H,2-4H2,1H3. The smallest absolute Gasteiger partial charge is 0.313 e. The lowest BCUT2D eigenvalue weighted by Gasteiger charge is -2.01. The molecule has 5 heteroatoms. The Balaban J connectivity index is 3.62. The molecule has 0 radical (unpaired) electrons. The number of carbonyl (C=O) groups excluding carboxylic acids is 2. The Hall–Kier alpha value is -1.00. The minimum absolute atomic E-state index is 0.162. The number of ether oxygens (including phenoxy) is 1. The fraction of sp³-hybridized carbons (Fsp3) is 0.714. The number of rotatable bonds is 5. The molecule has 3 nitrogen and oxygen atoms in total. The topological polar surface area (TPSA) is 43.4 Å². The summed E-state index contributed by atoms with van der Waals surface area (Å²) in [6.45, 7) is 1.93. The Morgan fingerprint density at radius 2 is 2.00 bits per heavy atom. The average molecular weight is 180 g/mol. The molecule has 0 aromatic heterocycles. The summed E-state index contributed by atoms with van der Waals surface area (Å²) in [7, 11) is 0. The molecule has 0 aromatic carbocycles. The third-order valence-corrected chi connectivity index (χ3v) is 1.03. The van der Waals surface area contributed by atoms with Gasteiger partial charge in [-0.2, -0.15) is 0 Å². The fourth-order valence-electron chi connectivity index (χ4n) is 0.486. The summed E-state index contributed by atoms with van der Waals surface area (Å²) in [4.78, 5) is 20.8. The van der Waals surface area contributed by atoms with Gasteiger partial charge in [0.2, 0.25) is 5.78 Å². The van der Waals surface area contributed by atoms with Crippen molar-refractivity contribution in [2.24, 2.45) is 0 Å². The van der Waals surface area contributed by atoms with Gasteiger partial charge in [0.15, 0.2) is 0 Å². The van der Waals surface area contributed by atoms with E-state index in [-0.39, 0.29) is 6.61 Å². The number of alkyl halides is 2. The zero-order chi connectivity index (χ0) is 9.56. The monoisotopic (exact) mass is 180 g/mol. The van der Waals surface area contributed by atoms with E-state index in [9.17, 15) is 18.4 Å². The predicted octanol–water partition coefficient (Wildman–Crippen LogP) is 1.16. The molecule has 0 saturated heterocycles. The van der Waals surface area contributed by atoms with Gasteiger partial charge in [-0.05, 0) is 6.42 Å². The van der Waals surface area contributed by atoms with Crippen molar-refractivity contribution in [3.8, 4) is 0 Å². The number of esters is 1. The van der Waals surface area contributed by atoms with Crippen LogP contribution in [0.2, 0.25) is 0 Å². The fourth-order valence-corrected chi connectivity index (χ4v) is 0.486. The van der Waals surface area contributed by atoms with Crippen molar-refractivity contribution in [1.29, 1.82) is 0 Å². The van der Waals surface area contributed by atoms with Crippen LogP contribution in [0.4, 0.5) is 8.78 Å². The van der Waals surface area contributed by atoms with Gasteiger partial charge in [-0.25, -0.2) is 8.78 Å². The molecule has 0 fully saturated rings. The van der Waals surface area contributed by atoms with Crippen LogP contribution in [-0.2, 0) is 14.3 Å². The zero-order valence-corrected chi connectivity index (χ0v) is 6.68. The van der Waals surface area contributed by atoms with Crippen LogP contribution in [0.3, 0.4) is 0 Å². The van der Waals surface area contributed by atoms with Crippen molar-refractivity contribution in [1.82, 2.24) is 0 Å². The first-order valence-electron chi connectivity index (χ1n) is 3.54. The summed E-state index contributed by atoms with van der Waals surface area (Å²) in [6.07, 6.45) is -3.31. The summed E-state index contributed by atoms with van der Waals surface area (Å²) in [5, 5.41) is 0. The second kappa shape index (κ2) is 5.62. The van der Waals surface area contributed by atoms with Crippen molar-refractivity contribution in [2.75, 3.05) is 6.61 Å². The van der Waals surface area contributed by atoms with Gasteiger partial charge >= 0.3 is 5.97 Å². The van der Waals surface area contributed by atoms with E-state index in [1.165, 1.54) is 0 Å². The lowest BCUT2D eigenvalue weighted by atomic mass is 10.3. The third kappa shape index (κ3) is 4.76. The summed E-state index contributed by atoms with van der Waals surface area (Å²) < 4.78 is 27.5. The summed E-state index contributed by atoms with van der Waals surface area (Å²) in [5.41, 5.74) is 0. The molecule has 0 rings (SSSR count). The van der Waals surface area contributed by atoms with E-state index in [1.54, 1.807) is 6.92 Å². The van der Waals surface area contributed by atoms with Gasteiger partial charge in [-0.3, -0.25) is 9.59 Å². The SMILES string of the molecule is CCCOC(=O)CC(=O)C(F)F.